The molecule has 3 aromatic rings. The second-order valence-corrected chi connectivity index (χ2v) is 7.02. The average molecular weight is 406 g/mol. The zero-order valence-electron chi connectivity index (χ0n) is 17.8. The van der Waals surface area contributed by atoms with E-state index in [1.54, 1.807) is 6.92 Å². The number of carbonyl (C=O) groups is 1. The zero-order chi connectivity index (χ0) is 21.5. The molecule has 0 spiro atoms. The first kappa shape index (κ1) is 21.3. The topological polar surface area (TPSA) is 73.9 Å². The molecular weight excluding hydrogens is 380 g/mol. The number of carbonyl (C=O) groups excluding carboxylic acids is 1. The minimum absolute atomic E-state index is 0.222. The van der Waals surface area contributed by atoms with Crippen molar-refractivity contribution in [3.05, 3.63) is 76.7 Å². The van der Waals surface area contributed by atoms with Gasteiger partial charge in [0.15, 0.2) is 6.61 Å². The van der Waals surface area contributed by atoms with Crippen molar-refractivity contribution in [2.75, 3.05) is 6.61 Å². The quantitative estimate of drug-likeness (QED) is 0.299. The first-order valence-corrected chi connectivity index (χ1v) is 9.91. The predicted molar refractivity (Wildman–Crippen MR) is 115 cm³/mol. The molecule has 6 nitrogen and oxygen atoms in total. The van der Waals surface area contributed by atoms with Gasteiger partial charge in [0.05, 0.1) is 18.7 Å². The van der Waals surface area contributed by atoms with Crippen molar-refractivity contribution in [3.63, 3.8) is 0 Å². The number of nitrogens with zero attached hydrogens (tertiary/aromatic N) is 2. The fraction of sp³-hybridized carbons (Fsp3) is 0.292. The Morgan fingerprint density at radius 3 is 2.43 bits per heavy atom. The van der Waals surface area contributed by atoms with Gasteiger partial charge in [0.2, 0.25) is 5.89 Å². The lowest BCUT2D eigenvalue weighted by Crippen LogP contribution is -2.07. The molecule has 0 saturated heterocycles. The van der Waals surface area contributed by atoms with E-state index in [0.717, 1.165) is 22.4 Å². The first-order valence-electron chi connectivity index (χ1n) is 9.91. The summed E-state index contributed by atoms with van der Waals surface area (Å²) in [4.78, 5) is 21.6. The molecule has 0 N–H and O–H groups in total. The minimum Gasteiger partial charge on any atom is -0.466 e. The molecule has 0 aliphatic heterocycles. The Labute approximate surface area is 176 Å². The maximum Gasteiger partial charge on any atom is 0.310 e. The van der Waals surface area contributed by atoms with Crippen molar-refractivity contribution in [2.45, 2.75) is 40.7 Å². The summed E-state index contributed by atoms with van der Waals surface area (Å²) in [5.41, 5.74) is 5.37. The molecule has 0 aliphatic carbocycles. The summed E-state index contributed by atoms with van der Waals surface area (Å²) in [6.07, 6.45) is 0.259. The molecule has 30 heavy (non-hydrogen) atoms. The molecule has 0 unspecified atom stereocenters. The number of benzene rings is 2. The van der Waals surface area contributed by atoms with Gasteiger partial charge < -0.3 is 14.0 Å². The number of ether oxygens (including phenoxy) is 1. The lowest BCUT2D eigenvalue weighted by molar-refractivity contribution is -0.142. The van der Waals surface area contributed by atoms with Crippen molar-refractivity contribution < 1.29 is 18.8 Å². The van der Waals surface area contributed by atoms with Crippen LogP contribution in [0, 0.1) is 13.8 Å². The molecular formula is C24H26N2O4. The molecule has 2 aromatic carbocycles. The Morgan fingerprint density at radius 1 is 1.07 bits per heavy atom. The molecule has 0 radical (unpaired) electrons. The first-order chi connectivity index (χ1) is 14.5. The van der Waals surface area contributed by atoms with Crippen LogP contribution in [0.15, 0.2) is 58.1 Å². The fourth-order valence-corrected chi connectivity index (χ4v) is 2.87. The Balaban J connectivity index is 1.60. The Hall–Kier alpha value is -3.41. The van der Waals surface area contributed by atoms with Gasteiger partial charge in [0.1, 0.15) is 11.5 Å². The molecule has 0 fully saturated rings. The van der Waals surface area contributed by atoms with Crippen LogP contribution in [0.2, 0.25) is 0 Å². The van der Waals surface area contributed by atoms with E-state index in [1.165, 1.54) is 5.56 Å². The van der Waals surface area contributed by atoms with Crippen LogP contribution in [0.4, 0.5) is 0 Å². The Morgan fingerprint density at radius 2 is 1.77 bits per heavy atom. The summed E-state index contributed by atoms with van der Waals surface area (Å²) in [5, 5.41) is 4.19. The van der Waals surface area contributed by atoms with Gasteiger partial charge >= 0.3 is 5.97 Å². The van der Waals surface area contributed by atoms with E-state index in [4.69, 9.17) is 14.0 Å². The highest BCUT2D eigenvalue weighted by atomic mass is 16.6. The number of oxazole rings is 1. The summed E-state index contributed by atoms with van der Waals surface area (Å²) >= 11 is 0. The summed E-state index contributed by atoms with van der Waals surface area (Å²) in [6.45, 7) is 8.18. The van der Waals surface area contributed by atoms with Gasteiger partial charge in [-0.15, -0.1) is 0 Å². The normalized spacial score (nSPS) is 11.4. The van der Waals surface area contributed by atoms with Crippen molar-refractivity contribution in [2.24, 2.45) is 5.16 Å². The van der Waals surface area contributed by atoms with Gasteiger partial charge in [-0.05, 0) is 51.0 Å². The number of aryl methyl sites for hydroxylation is 2. The predicted octanol–water partition coefficient (Wildman–Crippen LogP) is 5.00. The van der Waals surface area contributed by atoms with Crippen LogP contribution >= 0.6 is 0 Å². The SMILES string of the molecule is CCOC(=O)Cc1ccc(/C(C)=N/OCc2nc(-c3ccc(C)cc3)oc2C)cc1. The zero-order valence-corrected chi connectivity index (χ0v) is 17.8. The lowest BCUT2D eigenvalue weighted by Gasteiger charge is -2.04. The van der Waals surface area contributed by atoms with Gasteiger partial charge in [-0.3, -0.25) is 4.79 Å². The van der Waals surface area contributed by atoms with E-state index < -0.39 is 0 Å². The monoisotopic (exact) mass is 406 g/mol. The fourth-order valence-electron chi connectivity index (χ4n) is 2.87. The smallest absolute Gasteiger partial charge is 0.310 e. The number of rotatable bonds is 8. The van der Waals surface area contributed by atoms with E-state index in [0.29, 0.717) is 24.0 Å². The third-order valence-corrected chi connectivity index (χ3v) is 4.62. The Kier molecular flexibility index (Phi) is 7.01. The summed E-state index contributed by atoms with van der Waals surface area (Å²) < 4.78 is 10.7. The Bertz CT molecular complexity index is 1020. The van der Waals surface area contributed by atoms with E-state index in [2.05, 4.69) is 10.1 Å². The molecule has 0 amide bonds. The minimum atomic E-state index is -0.230. The van der Waals surface area contributed by atoms with E-state index in [1.807, 2.05) is 69.3 Å². The number of hydrogen-bond donors (Lipinski definition) is 0. The number of oxime groups is 1. The number of aromatic nitrogens is 1. The second-order valence-electron chi connectivity index (χ2n) is 7.02. The van der Waals surface area contributed by atoms with Crippen molar-refractivity contribution in [1.82, 2.24) is 4.98 Å². The van der Waals surface area contributed by atoms with Crippen molar-refractivity contribution >= 4 is 11.7 Å². The molecule has 6 heteroatoms. The molecule has 0 aliphatic rings. The standard InChI is InChI=1S/C24H26N2O4/c1-5-28-23(27)14-19-8-12-20(13-9-19)17(3)26-29-15-22-18(4)30-24(25-22)21-10-6-16(2)7-11-21/h6-13H,5,14-15H2,1-4H3/b26-17+. The molecule has 0 atom stereocenters. The second kappa shape index (κ2) is 9.87. The summed E-state index contributed by atoms with van der Waals surface area (Å²) in [5.74, 6) is 1.05. The molecule has 156 valence electrons. The van der Waals surface area contributed by atoms with Crippen LogP contribution in [-0.2, 0) is 27.4 Å². The van der Waals surface area contributed by atoms with Crippen LogP contribution in [-0.4, -0.2) is 23.3 Å². The number of hydrogen-bond acceptors (Lipinski definition) is 6. The van der Waals surface area contributed by atoms with Crippen LogP contribution in [0.25, 0.3) is 11.5 Å². The largest absolute Gasteiger partial charge is 0.466 e. The van der Waals surface area contributed by atoms with Crippen LogP contribution in [0.1, 0.15) is 42.0 Å². The average Bonchev–Trinajstić information content (AvgIpc) is 3.09. The van der Waals surface area contributed by atoms with Gasteiger partial charge in [0, 0.05) is 5.56 Å². The van der Waals surface area contributed by atoms with Gasteiger partial charge in [-0.25, -0.2) is 4.98 Å². The van der Waals surface area contributed by atoms with Gasteiger partial charge in [-0.2, -0.15) is 0 Å². The maximum atomic E-state index is 11.6. The summed E-state index contributed by atoms with van der Waals surface area (Å²) in [6, 6.07) is 15.6. The molecule has 3 rings (SSSR count). The number of esters is 1. The molecule has 1 aromatic heterocycles. The lowest BCUT2D eigenvalue weighted by atomic mass is 10.1. The van der Waals surface area contributed by atoms with Gasteiger partial charge in [0.25, 0.3) is 0 Å². The highest BCUT2D eigenvalue weighted by molar-refractivity contribution is 5.98. The molecule has 1 heterocycles. The van der Waals surface area contributed by atoms with Crippen LogP contribution < -0.4 is 0 Å². The highest BCUT2D eigenvalue weighted by Gasteiger charge is 2.12. The third kappa shape index (κ3) is 5.56. The third-order valence-electron chi connectivity index (χ3n) is 4.62. The summed E-state index contributed by atoms with van der Waals surface area (Å²) in [7, 11) is 0. The molecule has 0 bridgehead atoms. The van der Waals surface area contributed by atoms with E-state index in [9.17, 15) is 4.79 Å². The van der Waals surface area contributed by atoms with Crippen LogP contribution in [0.5, 0.6) is 0 Å². The van der Waals surface area contributed by atoms with E-state index in [-0.39, 0.29) is 19.0 Å². The maximum absolute atomic E-state index is 11.6. The van der Waals surface area contributed by atoms with Gasteiger partial charge in [-0.1, -0.05) is 47.1 Å². The van der Waals surface area contributed by atoms with Crippen molar-refractivity contribution in [3.8, 4) is 11.5 Å². The highest BCUT2D eigenvalue weighted by Crippen LogP contribution is 2.22. The van der Waals surface area contributed by atoms with Crippen molar-refractivity contribution in [1.29, 1.82) is 0 Å². The van der Waals surface area contributed by atoms with E-state index >= 15 is 0 Å². The molecule has 0 saturated carbocycles. The van der Waals surface area contributed by atoms with Crippen LogP contribution in [0.3, 0.4) is 0 Å².